The van der Waals surface area contributed by atoms with E-state index in [0.717, 1.165) is 29.1 Å². The maximum atomic E-state index is 12.8. The number of thiophene rings is 1. The molecule has 4 rings (SSSR count). The fourth-order valence-corrected chi connectivity index (χ4v) is 4.39. The summed E-state index contributed by atoms with van der Waals surface area (Å²) in [6.07, 6.45) is 1.21. The van der Waals surface area contributed by atoms with E-state index in [1.165, 1.54) is 4.88 Å². The quantitative estimate of drug-likeness (QED) is 0.588. The van der Waals surface area contributed by atoms with Gasteiger partial charge in [0.2, 0.25) is 5.78 Å². The van der Waals surface area contributed by atoms with E-state index in [1.54, 1.807) is 11.3 Å². The molecule has 0 unspecified atom stereocenters. The van der Waals surface area contributed by atoms with Gasteiger partial charge in [-0.25, -0.2) is 0 Å². The van der Waals surface area contributed by atoms with Crippen LogP contribution in [-0.2, 0) is 13.0 Å². The summed E-state index contributed by atoms with van der Waals surface area (Å²) in [6, 6.07) is 11.6. The van der Waals surface area contributed by atoms with E-state index in [0.29, 0.717) is 24.2 Å². The number of carbonyl (C=O) groups excluding carboxylic acids is 2. The molecule has 27 heavy (non-hydrogen) atoms. The van der Waals surface area contributed by atoms with E-state index < -0.39 is 0 Å². The molecule has 2 aromatic heterocycles. The van der Waals surface area contributed by atoms with E-state index in [2.05, 4.69) is 16.0 Å². The van der Waals surface area contributed by atoms with Gasteiger partial charge in [0.05, 0.1) is 6.54 Å². The van der Waals surface area contributed by atoms with Gasteiger partial charge in [0, 0.05) is 39.4 Å². The van der Waals surface area contributed by atoms with Crippen molar-refractivity contribution >= 4 is 22.9 Å². The highest BCUT2D eigenvalue weighted by atomic mass is 32.1. The lowest BCUT2D eigenvalue weighted by Crippen LogP contribution is -2.14. The molecule has 1 aromatic carbocycles. The van der Waals surface area contributed by atoms with Crippen molar-refractivity contribution < 1.29 is 14.3 Å². The molecule has 1 aliphatic carbocycles. The highest BCUT2D eigenvalue weighted by Crippen LogP contribution is 2.30. The Morgan fingerprint density at radius 1 is 1.19 bits per heavy atom. The van der Waals surface area contributed by atoms with E-state index in [9.17, 15) is 9.59 Å². The van der Waals surface area contributed by atoms with Crippen LogP contribution in [0.2, 0.25) is 0 Å². The first-order chi connectivity index (χ1) is 13.0. The Labute approximate surface area is 162 Å². The number of benzene rings is 1. The number of nitrogens with zero attached hydrogens (tertiary/aromatic N) is 1. The number of hydrogen-bond donors (Lipinski definition) is 0. The smallest absolute Gasteiger partial charge is 0.202 e. The molecule has 0 spiro atoms. The molecule has 0 fully saturated rings. The topological polar surface area (TPSA) is 48.3 Å². The highest BCUT2D eigenvalue weighted by Gasteiger charge is 2.23. The molecule has 2 heterocycles. The zero-order valence-electron chi connectivity index (χ0n) is 15.5. The van der Waals surface area contributed by atoms with Crippen LogP contribution in [0.3, 0.4) is 0 Å². The van der Waals surface area contributed by atoms with Gasteiger partial charge in [-0.15, -0.1) is 11.3 Å². The zero-order valence-corrected chi connectivity index (χ0v) is 16.3. The second kappa shape index (κ2) is 7.16. The number of aryl methyl sites for hydroxylation is 1. The zero-order chi connectivity index (χ0) is 19.0. The molecule has 0 saturated carbocycles. The lowest BCUT2D eigenvalue weighted by molar-refractivity contribution is 0.0919. The number of hydrogen-bond acceptors (Lipinski definition) is 4. The SMILES string of the molecule is Cc1cc(C(=O)COc2cccc3c2CCC3=O)c(C)n1Cc1cccs1. The third-order valence-corrected chi connectivity index (χ3v) is 6.02. The molecular formula is C22H21NO3S. The molecule has 0 atom stereocenters. The van der Waals surface area contributed by atoms with Crippen LogP contribution < -0.4 is 4.74 Å². The van der Waals surface area contributed by atoms with Crippen molar-refractivity contribution in [2.75, 3.05) is 6.61 Å². The van der Waals surface area contributed by atoms with Crippen LogP contribution in [-0.4, -0.2) is 22.7 Å². The Morgan fingerprint density at radius 3 is 2.81 bits per heavy atom. The molecule has 138 valence electrons. The third kappa shape index (κ3) is 3.35. The Morgan fingerprint density at radius 2 is 2.04 bits per heavy atom. The van der Waals surface area contributed by atoms with Crippen molar-refractivity contribution in [3.63, 3.8) is 0 Å². The Hall–Kier alpha value is -2.66. The van der Waals surface area contributed by atoms with Crippen molar-refractivity contribution in [2.24, 2.45) is 0 Å². The summed E-state index contributed by atoms with van der Waals surface area (Å²) in [5.74, 6) is 0.764. The fraction of sp³-hybridized carbons (Fsp3) is 0.273. The van der Waals surface area contributed by atoms with Crippen LogP contribution >= 0.6 is 11.3 Å². The van der Waals surface area contributed by atoms with Crippen LogP contribution in [0.1, 0.15) is 49.0 Å². The molecule has 0 saturated heterocycles. The summed E-state index contributed by atoms with van der Waals surface area (Å²) < 4.78 is 7.98. The second-order valence-corrected chi connectivity index (χ2v) is 7.90. The van der Waals surface area contributed by atoms with E-state index in [1.807, 2.05) is 44.2 Å². The molecule has 1 aliphatic rings. The van der Waals surface area contributed by atoms with Crippen LogP contribution in [0.15, 0.2) is 41.8 Å². The van der Waals surface area contributed by atoms with Crippen LogP contribution in [0.25, 0.3) is 0 Å². The Balaban J connectivity index is 1.50. The van der Waals surface area contributed by atoms with Crippen LogP contribution in [0.5, 0.6) is 5.75 Å². The molecule has 3 aromatic rings. The maximum absolute atomic E-state index is 12.8. The number of ketones is 2. The number of ether oxygens (including phenoxy) is 1. The standard InChI is InChI=1S/C22H21NO3S/c1-14-11-19(15(2)23(14)12-16-5-4-10-27-16)21(25)13-26-22-7-3-6-17-18(22)8-9-20(17)24/h3-7,10-11H,8-9,12-13H2,1-2H3. The minimum absolute atomic E-state index is 0.0199. The largest absolute Gasteiger partial charge is 0.485 e. The molecule has 0 amide bonds. The summed E-state index contributed by atoms with van der Waals surface area (Å²) >= 11 is 1.71. The summed E-state index contributed by atoms with van der Waals surface area (Å²) in [5.41, 5.74) is 4.39. The van der Waals surface area contributed by atoms with E-state index >= 15 is 0 Å². The molecule has 0 aliphatic heterocycles. The van der Waals surface area contributed by atoms with Gasteiger partial charge >= 0.3 is 0 Å². The van der Waals surface area contributed by atoms with Crippen molar-refractivity contribution in [3.8, 4) is 5.75 Å². The van der Waals surface area contributed by atoms with Gasteiger partial charge in [0.15, 0.2) is 12.4 Å². The summed E-state index contributed by atoms with van der Waals surface area (Å²) in [6.45, 7) is 4.76. The van der Waals surface area contributed by atoms with Crippen molar-refractivity contribution in [1.29, 1.82) is 0 Å². The molecule has 0 radical (unpaired) electrons. The van der Waals surface area contributed by atoms with Crippen molar-refractivity contribution in [1.82, 2.24) is 4.57 Å². The predicted octanol–water partition coefficient (Wildman–Crippen LogP) is 4.61. The van der Waals surface area contributed by atoms with Gasteiger partial charge in [0.25, 0.3) is 0 Å². The van der Waals surface area contributed by atoms with E-state index in [4.69, 9.17) is 4.74 Å². The summed E-state index contributed by atoms with van der Waals surface area (Å²) in [4.78, 5) is 25.9. The third-order valence-electron chi connectivity index (χ3n) is 5.16. The predicted molar refractivity (Wildman–Crippen MR) is 106 cm³/mol. The minimum atomic E-state index is -0.0394. The lowest BCUT2D eigenvalue weighted by Gasteiger charge is -2.10. The first-order valence-corrected chi connectivity index (χ1v) is 9.92. The summed E-state index contributed by atoms with van der Waals surface area (Å²) in [7, 11) is 0. The first kappa shape index (κ1) is 17.7. The van der Waals surface area contributed by atoms with E-state index in [-0.39, 0.29) is 18.2 Å². The number of carbonyl (C=O) groups is 2. The number of rotatable bonds is 6. The number of Topliss-reactive ketones (excluding diaryl/α,β-unsaturated/α-hetero) is 2. The van der Waals surface area contributed by atoms with Crippen LogP contribution in [0, 0.1) is 13.8 Å². The van der Waals surface area contributed by atoms with Crippen LogP contribution in [0.4, 0.5) is 0 Å². The number of fused-ring (bicyclic) bond motifs is 1. The second-order valence-electron chi connectivity index (χ2n) is 6.87. The van der Waals surface area contributed by atoms with Crippen molar-refractivity contribution in [3.05, 3.63) is 74.7 Å². The normalized spacial score (nSPS) is 13.0. The van der Waals surface area contributed by atoms with Gasteiger partial charge in [0.1, 0.15) is 5.75 Å². The highest BCUT2D eigenvalue weighted by molar-refractivity contribution is 7.09. The fourth-order valence-electron chi connectivity index (χ4n) is 3.70. The van der Waals surface area contributed by atoms with Gasteiger partial charge in [-0.05, 0) is 43.8 Å². The van der Waals surface area contributed by atoms with Gasteiger partial charge in [-0.2, -0.15) is 0 Å². The lowest BCUT2D eigenvalue weighted by atomic mass is 10.1. The first-order valence-electron chi connectivity index (χ1n) is 9.05. The monoisotopic (exact) mass is 379 g/mol. The average Bonchev–Trinajstić information content (AvgIpc) is 3.37. The Kier molecular flexibility index (Phi) is 4.70. The average molecular weight is 379 g/mol. The summed E-state index contributed by atoms with van der Waals surface area (Å²) in [5, 5.41) is 2.06. The molecule has 0 bridgehead atoms. The van der Waals surface area contributed by atoms with Gasteiger partial charge < -0.3 is 9.30 Å². The number of aromatic nitrogens is 1. The van der Waals surface area contributed by atoms with Gasteiger partial charge in [-0.1, -0.05) is 18.2 Å². The molecule has 0 N–H and O–H groups in total. The van der Waals surface area contributed by atoms with Gasteiger partial charge in [-0.3, -0.25) is 9.59 Å². The molecule has 4 nitrogen and oxygen atoms in total. The Bertz CT molecular complexity index is 1010. The molecular weight excluding hydrogens is 358 g/mol. The maximum Gasteiger partial charge on any atom is 0.202 e. The minimum Gasteiger partial charge on any atom is -0.485 e. The van der Waals surface area contributed by atoms with Crippen molar-refractivity contribution in [2.45, 2.75) is 33.2 Å². The molecule has 5 heteroatoms.